The highest BCUT2D eigenvalue weighted by atomic mass is 80.0. The zero-order chi connectivity index (χ0) is 12.8. The molecule has 5 nitrogen and oxygen atoms in total. The number of halogens is 3. The van der Waals surface area contributed by atoms with Gasteiger partial charge in [0.15, 0.2) is 0 Å². The molecule has 0 unspecified atom stereocenters. The summed E-state index contributed by atoms with van der Waals surface area (Å²) in [6, 6.07) is 0. The number of ether oxygens (including phenoxy) is 2. The molecule has 0 bridgehead atoms. The van der Waals surface area contributed by atoms with Crippen LogP contribution < -0.4 is 0 Å². The Kier molecular flexibility index (Phi) is 6.87. The van der Waals surface area contributed by atoms with Crippen molar-refractivity contribution in [3.05, 3.63) is 23.4 Å². The zero-order valence-electron chi connectivity index (χ0n) is 8.00. The van der Waals surface area contributed by atoms with Crippen LogP contribution in [0.1, 0.15) is 6.92 Å². The lowest BCUT2D eigenvalue weighted by molar-refractivity contribution is -0.138. The van der Waals surface area contributed by atoms with Gasteiger partial charge in [-0.05, 0) is 54.7 Å². The van der Waals surface area contributed by atoms with E-state index in [0.29, 0.717) is 0 Å². The van der Waals surface area contributed by atoms with Crippen molar-refractivity contribution in [2.75, 3.05) is 6.61 Å². The van der Waals surface area contributed by atoms with Crippen LogP contribution in [0.5, 0.6) is 0 Å². The van der Waals surface area contributed by atoms with Gasteiger partial charge in [0.1, 0.15) is 6.26 Å². The van der Waals surface area contributed by atoms with Crippen molar-refractivity contribution >= 4 is 59.7 Å². The van der Waals surface area contributed by atoms with E-state index in [0.717, 1.165) is 6.26 Å². The Morgan fingerprint density at radius 3 is 2.38 bits per heavy atom. The molecule has 0 aliphatic rings. The second kappa shape index (κ2) is 7.04. The largest absolute Gasteiger partial charge is 0.471 e. The van der Waals surface area contributed by atoms with E-state index in [-0.39, 0.29) is 6.61 Å². The van der Waals surface area contributed by atoms with Crippen LogP contribution in [0, 0.1) is 6.57 Å². The Hall–Kier alpha value is -0.390. The summed E-state index contributed by atoms with van der Waals surface area (Å²) in [6.07, 6.45) is 0.742. The molecule has 0 heterocycles. The minimum atomic E-state index is -1.24. The molecule has 0 aromatic heterocycles. The first-order valence-corrected chi connectivity index (χ1v) is 6.23. The molecule has 0 aromatic rings. The maximum absolute atomic E-state index is 11.2. The number of hydrogen-bond acceptors (Lipinski definition) is 4. The van der Waals surface area contributed by atoms with Gasteiger partial charge in [-0.25, -0.2) is 9.64 Å². The van der Waals surface area contributed by atoms with Crippen LogP contribution in [0.25, 0.3) is 4.85 Å². The zero-order valence-corrected chi connectivity index (χ0v) is 12.8. The molecule has 0 aromatic carbocycles. The van der Waals surface area contributed by atoms with E-state index < -0.39 is 19.8 Å². The predicted octanol–water partition coefficient (Wildman–Crippen LogP) is 2.69. The molecule has 0 amide bonds. The summed E-state index contributed by atoms with van der Waals surface area (Å²) in [5.74, 6) is -1.60. The van der Waals surface area contributed by atoms with E-state index in [1.165, 1.54) is 0 Å². The number of alkyl halides is 3. The van der Waals surface area contributed by atoms with Crippen LogP contribution >= 0.6 is 47.8 Å². The van der Waals surface area contributed by atoms with Crippen molar-refractivity contribution in [2.24, 2.45) is 0 Å². The number of rotatable bonds is 3. The third-order valence-electron chi connectivity index (χ3n) is 1.11. The van der Waals surface area contributed by atoms with Crippen molar-refractivity contribution in [1.29, 1.82) is 0 Å². The molecule has 8 heteroatoms. The molecule has 0 saturated carbocycles. The number of nitrogens with zero attached hydrogens (tertiary/aromatic N) is 1. The predicted molar refractivity (Wildman–Crippen MR) is 66.9 cm³/mol. The Labute approximate surface area is 117 Å². The molecular weight excluding hydrogens is 414 g/mol. The van der Waals surface area contributed by atoms with Crippen LogP contribution in [-0.2, 0) is 19.1 Å². The van der Waals surface area contributed by atoms with E-state index in [2.05, 4.69) is 62.1 Å². The first-order chi connectivity index (χ1) is 7.32. The highest BCUT2D eigenvalue weighted by Gasteiger charge is 2.30. The monoisotopic (exact) mass is 417 g/mol. The van der Waals surface area contributed by atoms with Crippen LogP contribution in [-0.4, -0.2) is 20.7 Å². The fourth-order valence-corrected chi connectivity index (χ4v) is 0.782. The molecule has 0 atom stereocenters. The summed E-state index contributed by atoms with van der Waals surface area (Å²) in [6.45, 7) is 8.44. The van der Waals surface area contributed by atoms with Gasteiger partial charge in [-0.1, -0.05) is 0 Å². The standard InChI is InChI=1S/C8H6Br3NO4/c1-3-15-6(13)5(12-2)4-16-7(14)8(9,10)11/h4H,3H2,1H3/b5-4-. The third-order valence-corrected chi connectivity index (χ3v) is 2.09. The Morgan fingerprint density at radius 2 is 2.00 bits per heavy atom. The van der Waals surface area contributed by atoms with Gasteiger partial charge in [0.25, 0.3) is 0 Å². The molecule has 0 aliphatic carbocycles. The third kappa shape index (κ3) is 5.63. The van der Waals surface area contributed by atoms with E-state index in [4.69, 9.17) is 6.57 Å². The molecule has 0 fully saturated rings. The second-order valence-corrected chi connectivity index (χ2v) is 9.00. The van der Waals surface area contributed by atoms with Crippen LogP contribution in [0.3, 0.4) is 0 Å². The smallest absolute Gasteiger partial charge is 0.348 e. The van der Waals surface area contributed by atoms with Crippen LogP contribution in [0.4, 0.5) is 0 Å². The molecule has 0 aliphatic heterocycles. The van der Waals surface area contributed by atoms with E-state index in [1.807, 2.05) is 0 Å². The minimum absolute atomic E-state index is 0.138. The average molecular weight is 420 g/mol. The highest BCUT2D eigenvalue weighted by molar-refractivity contribution is 9.40. The lowest BCUT2D eigenvalue weighted by Crippen LogP contribution is -2.18. The first kappa shape index (κ1) is 15.6. The fourth-order valence-electron chi connectivity index (χ4n) is 0.501. The number of carbonyl (C=O) groups is 2. The van der Waals surface area contributed by atoms with Crippen molar-refractivity contribution in [3.63, 3.8) is 0 Å². The summed E-state index contributed by atoms with van der Waals surface area (Å²) in [4.78, 5) is 25.2. The van der Waals surface area contributed by atoms with Gasteiger partial charge < -0.3 is 9.47 Å². The lowest BCUT2D eigenvalue weighted by atomic mass is 10.5. The molecule has 0 saturated heterocycles. The summed E-state index contributed by atoms with van der Waals surface area (Å²) < 4.78 is 7.89. The van der Waals surface area contributed by atoms with Gasteiger partial charge in [0.2, 0.25) is 2.14 Å². The van der Waals surface area contributed by atoms with Crippen molar-refractivity contribution in [2.45, 2.75) is 9.07 Å². The highest BCUT2D eigenvalue weighted by Crippen LogP contribution is 2.34. The number of hydrogen-bond donors (Lipinski definition) is 0. The van der Waals surface area contributed by atoms with Gasteiger partial charge in [-0.3, -0.25) is 4.79 Å². The van der Waals surface area contributed by atoms with E-state index >= 15 is 0 Å². The fraction of sp³-hybridized carbons (Fsp3) is 0.375. The SMILES string of the molecule is [C-]#[N+]/C(=C\OC(=O)C(Br)(Br)Br)C(=O)OCC. The van der Waals surface area contributed by atoms with Gasteiger partial charge in [-0.2, -0.15) is 0 Å². The topological polar surface area (TPSA) is 57.0 Å². The van der Waals surface area contributed by atoms with Crippen molar-refractivity contribution in [1.82, 2.24) is 0 Å². The molecule has 88 valence electrons. The van der Waals surface area contributed by atoms with E-state index in [1.54, 1.807) is 6.92 Å². The number of esters is 2. The first-order valence-electron chi connectivity index (χ1n) is 3.85. The Bertz CT molecular complexity index is 353. The van der Waals surface area contributed by atoms with Crippen molar-refractivity contribution < 1.29 is 19.1 Å². The van der Waals surface area contributed by atoms with Crippen LogP contribution in [0.15, 0.2) is 12.0 Å². The van der Waals surface area contributed by atoms with E-state index in [9.17, 15) is 9.59 Å². The van der Waals surface area contributed by atoms with Gasteiger partial charge in [0.05, 0.1) is 13.2 Å². The summed E-state index contributed by atoms with van der Waals surface area (Å²) in [7, 11) is 0. The molecule has 0 N–H and O–H groups in total. The van der Waals surface area contributed by atoms with Gasteiger partial charge in [0, 0.05) is 0 Å². The van der Waals surface area contributed by atoms with Crippen molar-refractivity contribution in [3.8, 4) is 0 Å². The van der Waals surface area contributed by atoms with Crippen LogP contribution in [0.2, 0.25) is 0 Å². The second-order valence-electron chi connectivity index (χ2n) is 2.24. The summed E-state index contributed by atoms with van der Waals surface area (Å²) >= 11 is 8.76. The maximum Gasteiger partial charge on any atom is 0.348 e. The summed E-state index contributed by atoms with van der Waals surface area (Å²) in [5.41, 5.74) is -0.410. The lowest BCUT2D eigenvalue weighted by Gasteiger charge is -2.08. The molecule has 0 spiro atoms. The quantitative estimate of drug-likeness (QED) is 0.232. The van der Waals surface area contributed by atoms with Gasteiger partial charge in [-0.15, -0.1) is 0 Å². The maximum atomic E-state index is 11.2. The normalized spacial score (nSPS) is 11.6. The summed E-state index contributed by atoms with van der Waals surface area (Å²) in [5, 5.41) is 0. The minimum Gasteiger partial charge on any atom is -0.471 e. The van der Waals surface area contributed by atoms with Gasteiger partial charge >= 0.3 is 17.6 Å². The number of carbonyl (C=O) groups excluding carboxylic acids is 2. The average Bonchev–Trinajstić information content (AvgIpc) is 2.17. The Balaban J connectivity index is 4.58. The molecule has 0 rings (SSSR count). The molecule has 16 heavy (non-hydrogen) atoms. The molecule has 0 radical (unpaired) electrons. The molecular formula is C8H6Br3NO4. The Morgan fingerprint density at radius 1 is 1.44 bits per heavy atom.